The van der Waals surface area contributed by atoms with Crippen LogP contribution in [0.1, 0.15) is 246 Å². The molecule has 0 saturated carbocycles. The second-order valence-electron chi connectivity index (χ2n) is 25.2. The standard InChI is InChI=1S/C67H119N11O9/c1-7-9-11-12-13-14-15-16-17-18-23-39-60(80)72-52(35-24-28-40-68)63(83)74-56-38-27-31-43-71-62(82)58(45-49(5)6)78-67(87)54(34-20-10-8-2)75-64(84)53(36-25-29-41-69)73-61(81)51(46-50-32-21-19-22-33-50)47-59(79)57(44-48(3)4)77-66(86)55(76-65(56)85)37-26-30-42-70/h19,21-22,32-33,48-49,51-58H,7-18,20,23-31,34-47,68-70H2,1-6H3,(H,71,82)(H,72,80)(H,73,81)(H,74,83)(H,75,84)(H,76,85)(H,77,86)(H,78,87)/t51-,52+,53-,54-,55-,56-,57-,58-/m0/s1. The third-order valence-corrected chi connectivity index (χ3v) is 16.2. The van der Waals surface area contributed by atoms with Crippen molar-refractivity contribution in [1.29, 1.82) is 0 Å². The molecule has 0 radical (unpaired) electrons. The van der Waals surface area contributed by atoms with Gasteiger partial charge in [-0.05, 0) is 146 Å². The van der Waals surface area contributed by atoms with E-state index in [2.05, 4.69) is 49.5 Å². The summed E-state index contributed by atoms with van der Waals surface area (Å²) >= 11 is 0. The van der Waals surface area contributed by atoms with Crippen molar-refractivity contribution < 1.29 is 43.2 Å². The van der Waals surface area contributed by atoms with E-state index in [4.69, 9.17) is 17.2 Å². The first-order valence-corrected chi connectivity index (χ1v) is 33.9. The summed E-state index contributed by atoms with van der Waals surface area (Å²) in [5, 5.41) is 23.5. The van der Waals surface area contributed by atoms with Gasteiger partial charge in [0.05, 0.1) is 6.04 Å². The molecule has 8 amide bonds. The second kappa shape index (κ2) is 47.5. The largest absolute Gasteiger partial charge is 0.354 e. The van der Waals surface area contributed by atoms with Crippen molar-refractivity contribution in [2.75, 3.05) is 26.2 Å². The Morgan fingerprint density at radius 1 is 0.517 bits per heavy atom. The van der Waals surface area contributed by atoms with Gasteiger partial charge < -0.3 is 59.7 Å². The van der Waals surface area contributed by atoms with E-state index in [1.54, 1.807) is 0 Å². The van der Waals surface area contributed by atoms with Crippen LogP contribution in [0.25, 0.3) is 0 Å². The molecular weight excluding hydrogens is 1100 g/mol. The number of carbonyl (C=O) groups excluding carboxylic acids is 9. The molecule has 1 fully saturated rings. The quantitative estimate of drug-likeness (QED) is 0.0293. The first kappa shape index (κ1) is 77.6. The Morgan fingerprint density at radius 2 is 0.977 bits per heavy atom. The van der Waals surface area contributed by atoms with Crippen molar-refractivity contribution in [3.05, 3.63) is 35.9 Å². The first-order valence-electron chi connectivity index (χ1n) is 33.9. The summed E-state index contributed by atoms with van der Waals surface area (Å²) in [7, 11) is 0. The molecule has 1 aromatic carbocycles. The minimum atomic E-state index is -1.19. The summed E-state index contributed by atoms with van der Waals surface area (Å²) in [6.07, 6.45) is 20.1. The molecule has 0 aromatic heterocycles. The van der Waals surface area contributed by atoms with E-state index in [0.717, 1.165) is 37.7 Å². The molecule has 14 N–H and O–H groups in total. The summed E-state index contributed by atoms with van der Waals surface area (Å²) in [5.41, 5.74) is 18.4. The predicted octanol–water partition coefficient (Wildman–Crippen LogP) is 7.26. The number of nitrogens with one attached hydrogen (secondary N) is 8. The Hall–Kier alpha value is -5.47. The minimum Gasteiger partial charge on any atom is -0.354 e. The van der Waals surface area contributed by atoms with E-state index >= 15 is 0 Å². The van der Waals surface area contributed by atoms with Crippen molar-refractivity contribution in [3.8, 4) is 0 Å². The van der Waals surface area contributed by atoms with Gasteiger partial charge in [0.25, 0.3) is 0 Å². The molecule has 20 heteroatoms. The van der Waals surface area contributed by atoms with Gasteiger partial charge in [0, 0.05) is 25.3 Å². The summed E-state index contributed by atoms with van der Waals surface area (Å²) < 4.78 is 0. The van der Waals surface area contributed by atoms with E-state index in [0.29, 0.717) is 90.3 Å². The summed E-state index contributed by atoms with van der Waals surface area (Å²) in [5.74, 6) is -5.73. The fourth-order valence-corrected chi connectivity index (χ4v) is 11.1. The van der Waals surface area contributed by atoms with Gasteiger partial charge in [0.2, 0.25) is 47.3 Å². The molecule has 2 rings (SSSR count). The van der Waals surface area contributed by atoms with Gasteiger partial charge in [-0.3, -0.25) is 43.2 Å². The second-order valence-corrected chi connectivity index (χ2v) is 25.2. The molecule has 1 aliphatic heterocycles. The molecule has 0 aliphatic carbocycles. The van der Waals surface area contributed by atoms with Crippen molar-refractivity contribution in [2.45, 2.75) is 289 Å². The smallest absolute Gasteiger partial charge is 0.243 e. The predicted molar refractivity (Wildman–Crippen MR) is 346 cm³/mol. The van der Waals surface area contributed by atoms with E-state index in [1.165, 1.54) is 44.9 Å². The van der Waals surface area contributed by atoms with Crippen LogP contribution >= 0.6 is 0 Å². The number of amides is 8. The normalized spacial score (nSPS) is 21.4. The summed E-state index contributed by atoms with van der Waals surface area (Å²) in [6.45, 7) is 13.2. The van der Waals surface area contributed by atoms with Gasteiger partial charge in [0.15, 0.2) is 5.78 Å². The Balaban J connectivity index is 2.67. The molecule has 8 atom stereocenters. The lowest BCUT2D eigenvalue weighted by molar-refractivity contribution is -0.136. The average molecular weight is 1220 g/mol. The number of hydrogen-bond donors (Lipinski definition) is 11. The van der Waals surface area contributed by atoms with Crippen LogP contribution in [0, 0.1) is 17.8 Å². The van der Waals surface area contributed by atoms with Crippen molar-refractivity contribution in [1.82, 2.24) is 42.5 Å². The maximum absolute atomic E-state index is 14.8. The van der Waals surface area contributed by atoms with Crippen LogP contribution in [0.5, 0.6) is 0 Å². The van der Waals surface area contributed by atoms with Crippen LogP contribution in [-0.2, 0) is 49.6 Å². The van der Waals surface area contributed by atoms with Gasteiger partial charge in [-0.2, -0.15) is 0 Å². The van der Waals surface area contributed by atoms with Crippen LogP contribution in [0.3, 0.4) is 0 Å². The van der Waals surface area contributed by atoms with E-state index in [1.807, 2.05) is 65.0 Å². The first-order chi connectivity index (χ1) is 41.9. The third-order valence-electron chi connectivity index (χ3n) is 16.2. The maximum Gasteiger partial charge on any atom is 0.243 e. The Labute approximate surface area is 523 Å². The highest BCUT2D eigenvalue weighted by molar-refractivity contribution is 5.98. The highest BCUT2D eigenvalue weighted by atomic mass is 16.2. The van der Waals surface area contributed by atoms with Crippen molar-refractivity contribution in [3.63, 3.8) is 0 Å². The monoisotopic (exact) mass is 1220 g/mol. The fraction of sp³-hybridized carbons (Fsp3) is 0.776. The number of ketones is 1. The third kappa shape index (κ3) is 34.8. The van der Waals surface area contributed by atoms with E-state index < -0.39 is 95.3 Å². The average Bonchev–Trinajstić information content (AvgIpc) is 3.08. The number of nitrogens with two attached hydrogens (primary N) is 3. The van der Waals surface area contributed by atoms with Gasteiger partial charge in [-0.15, -0.1) is 0 Å². The molecule has 0 unspecified atom stereocenters. The van der Waals surface area contributed by atoms with E-state index in [-0.39, 0.29) is 82.1 Å². The van der Waals surface area contributed by atoms with Crippen LogP contribution < -0.4 is 59.7 Å². The van der Waals surface area contributed by atoms with E-state index in [9.17, 15) is 43.2 Å². The molecular formula is C67H119N11O9. The van der Waals surface area contributed by atoms with Gasteiger partial charge in [-0.1, -0.05) is 155 Å². The van der Waals surface area contributed by atoms with Gasteiger partial charge >= 0.3 is 0 Å². The zero-order chi connectivity index (χ0) is 64.2. The Bertz CT molecular complexity index is 2130. The number of hydrogen-bond acceptors (Lipinski definition) is 12. The minimum absolute atomic E-state index is 0.0127. The molecule has 1 aromatic rings. The molecule has 1 saturated heterocycles. The number of unbranched alkanes of at least 4 members (excludes halogenated alkanes) is 15. The molecule has 1 heterocycles. The lowest BCUT2D eigenvalue weighted by atomic mass is 9.88. The van der Waals surface area contributed by atoms with Crippen LogP contribution in [0.4, 0.5) is 0 Å². The molecule has 1 aliphatic rings. The number of carbonyl (C=O) groups is 9. The highest BCUT2D eigenvalue weighted by Crippen LogP contribution is 2.20. The number of benzene rings is 1. The SMILES string of the molecule is CCCCCCCCCCCCCC(=O)N[C@H](CCCCN)C(=O)N[C@H]1CCCCNC(=O)[C@H](CC(C)C)NC(=O)[C@H](CCCCC)NC(=O)[C@H](CCCCN)NC(=O)[C@@H](Cc2ccccc2)CC(=O)[C@H](CC(C)C)NC(=O)[C@H](CCCCN)NC1=O. The maximum atomic E-state index is 14.8. The lowest BCUT2D eigenvalue weighted by Crippen LogP contribution is -2.58. The van der Waals surface area contributed by atoms with Crippen molar-refractivity contribution in [2.24, 2.45) is 35.0 Å². The Kier molecular flexibility index (Phi) is 42.4. The number of rotatable bonds is 37. The lowest BCUT2D eigenvalue weighted by Gasteiger charge is -2.28. The van der Waals surface area contributed by atoms with Gasteiger partial charge in [0.1, 0.15) is 36.3 Å². The topological polar surface area (TPSA) is 328 Å². The fourth-order valence-electron chi connectivity index (χ4n) is 11.1. The van der Waals surface area contributed by atoms with Gasteiger partial charge in [-0.25, -0.2) is 0 Å². The van der Waals surface area contributed by atoms with Crippen molar-refractivity contribution >= 4 is 53.0 Å². The molecule has 87 heavy (non-hydrogen) atoms. The van der Waals surface area contributed by atoms with Crippen LogP contribution in [-0.4, -0.2) is 122 Å². The molecule has 496 valence electrons. The summed E-state index contributed by atoms with van der Waals surface area (Å²) in [4.78, 5) is 130. The summed E-state index contributed by atoms with van der Waals surface area (Å²) in [6, 6.07) is 1.68. The molecule has 0 bridgehead atoms. The van der Waals surface area contributed by atoms with Crippen LogP contribution in [0.2, 0.25) is 0 Å². The zero-order valence-electron chi connectivity index (χ0n) is 54.5. The number of Topliss-reactive ketones (excluding diaryl/α,β-unsaturated/α-hetero) is 1. The Morgan fingerprint density at radius 3 is 1.52 bits per heavy atom. The van der Waals surface area contributed by atoms with Crippen LogP contribution in [0.15, 0.2) is 30.3 Å². The molecule has 20 nitrogen and oxygen atoms in total. The highest BCUT2D eigenvalue weighted by Gasteiger charge is 2.36. The zero-order valence-corrected chi connectivity index (χ0v) is 54.5. The molecule has 0 spiro atoms.